The van der Waals surface area contributed by atoms with Gasteiger partial charge >= 0.3 is 0 Å². The summed E-state index contributed by atoms with van der Waals surface area (Å²) in [6.07, 6.45) is 2.37. The highest BCUT2D eigenvalue weighted by atomic mass is 127. The van der Waals surface area contributed by atoms with Crippen LogP contribution in [0.1, 0.15) is 26.7 Å². The fourth-order valence-electron chi connectivity index (χ4n) is 3.02. The van der Waals surface area contributed by atoms with Crippen molar-refractivity contribution in [3.63, 3.8) is 0 Å². The third kappa shape index (κ3) is 8.27. The molecule has 2 N–H and O–H groups in total. The van der Waals surface area contributed by atoms with Gasteiger partial charge in [0.2, 0.25) is 0 Å². The van der Waals surface area contributed by atoms with Crippen LogP contribution in [0.4, 0.5) is 5.69 Å². The summed E-state index contributed by atoms with van der Waals surface area (Å²) < 4.78 is 0. The molecule has 0 aromatic heterocycles. The lowest BCUT2D eigenvalue weighted by molar-refractivity contribution is 0.253. The monoisotopic (exact) mass is 459 g/mol. The highest BCUT2D eigenvalue weighted by Crippen LogP contribution is 2.15. The molecule has 1 heterocycles. The lowest BCUT2D eigenvalue weighted by Crippen LogP contribution is -2.46. The zero-order valence-electron chi connectivity index (χ0n) is 15.7. The summed E-state index contributed by atoms with van der Waals surface area (Å²) in [5, 5.41) is 6.53. The molecule has 1 saturated heterocycles. The van der Waals surface area contributed by atoms with Crippen molar-refractivity contribution in [2.45, 2.75) is 26.7 Å². The number of piperazine rings is 1. The number of para-hydroxylation sites is 1. The maximum Gasteiger partial charge on any atom is 0.191 e. The Hall–Kier alpha value is -1.02. The summed E-state index contributed by atoms with van der Waals surface area (Å²) in [4.78, 5) is 9.67. The number of benzene rings is 1. The van der Waals surface area contributed by atoms with E-state index < -0.39 is 0 Å². The minimum absolute atomic E-state index is 0. The van der Waals surface area contributed by atoms with Crippen LogP contribution in [0.2, 0.25) is 0 Å². The molecule has 6 heteroatoms. The molecule has 25 heavy (non-hydrogen) atoms. The van der Waals surface area contributed by atoms with Crippen LogP contribution in [0.5, 0.6) is 0 Å². The van der Waals surface area contributed by atoms with Crippen LogP contribution >= 0.6 is 24.0 Å². The van der Waals surface area contributed by atoms with Crippen LogP contribution in [0.25, 0.3) is 0 Å². The molecule has 1 fully saturated rings. The number of guanidine groups is 1. The zero-order chi connectivity index (χ0) is 17.0. The summed E-state index contributed by atoms with van der Waals surface area (Å²) >= 11 is 0. The van der Waals surface area contributed by atoms with Gasteiger partial charge in [-0.1, -0.05) is 18.2 Å². The smallest absolute Gasteiger partial charge is 0.191 e. The van der Waals surface area contributed by atoms with Crippen LogP contribution in [-0.2, 0) is 0 Å². The third-order valence-corrected chi connectivity index (χ3v) is 4.33. The van der Waals surface area contributed by atoms with Gasteiger partial charge in [-0.05, 0) is 45.4 Å². The van der Waals surface area contributed by atoms with Gasteiger partial charge in [0.1, 0.15) is 0 Å². The van der Waals surface area contributed by atoms with Crippen molar-refractivity contribution in [3.05, 3.63) is 30.3 Å². The zero-order valence-corrected chi connectivity index (χ0v) is 18.0. The number of hydrogen-bond donors (Lipinski definition) is 2. The average Bonchev–Trinajstić information content (AvgIpc) is 2.63. The highest BCUT2D eigenvalue weighted by molar-refractivity contribution is 14.0. The molecule has 0 aliphatic carbocycles. The first-order valence-corrected chi connectivity index (χ1v) is 9.38. The molecule has 0 atom stereocenters. The molecule has 0 unspecified atom stereocenters. The van der Waals surface area contributed by atoms with Gasteiger partial charge in [0.15, 0.2) is 5.96 Å². The number of nitrogens with one attached hydrogen (secondary N) is 2. The number of rotatable bonds is 8. The lowest BCUT2D eigenvalue weighted by atomic mass is 10.2. The second-order valence-corrected chi connectivity index (χ2v) is 6.16. The third-order valence-electron chi connectivity index (χ3n) is 4.33. The molecule has 0 bridgehead atoms. The molecule has 142 valence electrons. The van der Waals surface area contributed by atoms with Crippen molar-refractivity contribution in [2.24, 2.45) is 4.99 Å². The van der Waals surface area contributed by atoms with E-state index in [4.69, 9.17) is 0 Å². The fourth-order valence-corrected chi connectivity index (χ4v) is 3.02. The van der Waals surface area contributed by atoms with E-state index in [-0.39, 0.29) is 24.0 Å². The summed E-state index contributed by atoms with van der Waals surface area (Å²) in [6, 6.07) is 10.7. The number of unbranched alkanes of at least 4 members (excludes halogenated alkanes) is 1. The lowest BCUT2D eigenvalue weighted by Gasteiger charge is -2.36. The van der Waals surface area contributed by atoms with E-state index in [1.54, 1.807) is 0 Å². The Balaban J connectivity index is 0.00000312. The summed E-state index contributed by atoms with van der Waals surface area (Å²) in [5.74, 6) is 0.941. The minimum Gasteiger partial charge on any atom is -0.369 e. The molecule has 0 amide bonds. The molecular weight excluding hydrogens is 425 g/mol. The van der Waals surface area contributed by atoms with E-state index in [2.05, 4.69) is 69.6 Å². The normalized spacial score (nSPS) is 14.6. The summed E-state index contributed by atoms with van der Waals surface area (Å²) in [5.41, 5.74) is 1.35. The molecule has 1 aliphatic rings. The van der Waals surface area contributed by atoms with Gasteiger partial charge < -0.3 is 15.5 Å². The molecular formula is C19H34IN5. The van der Waals surface area contributed by atoms with Crippen LogP contribution in [0.15, 0.2) is 35.3 Å². The van der Waals surface area contributed by atoms with Gasteiger partial charge in [-0.15, -0.1) is 24.0 Å². The van der Waals surface area contributed by atoms with Crippen LogP contribution in [0, 0.1) is 0 Å². The van der Waals surface area contributed by atoms with E-state index in [1.807, 2.05) is 0 Å². The first-order valence-electron chi connectivity index (χ1n) is 9.38. The van der Waals surface area contributed by atoms with E-state index in [9.17, 15) is 0 Å². The van der Waals surface area contributed by atoms with Gasteiger partial charge in [-0.3, -0.25) is 9.89 Å². The number of halogens is 1. The van der Waals surface area contributed by atoms with E-state index in [0.717, 1.165) is 58.2 Å². The molecule has 1 aliphatic heterocycles. The van der Waals surface area contributed by atoms with Crippen molar-refractivity contribution in [1.82, 2.24) is 15.5 Å². The molecule has 0 spiro atoms. The number of nitrogens with zero attached hydrogens (tertiary/aromatic N) is 3. The second kappa shape index (κ2) is 13.2. The van der Waals surface area contributed by atoms with Crippen LogP contribution < -0.4 is 15.5 Å². The first-order chi connectivity index (χ1) is 11.8. The van der Waals surface area contributed by atoms with Gasteiger partial charge in [0.05, 0.1) is 0 Å². The number of hydrogen-bond acceptors (Lipinski definition) is 3. The number of aliphatic imine (C=N–C) groups is 1. The second-order valence-electron chi connectivity index (χ2n) is 6.16. The highest BCUT2D eigenvalue weighted by Gasteiger charge is 2.16. The van der Waals surface area contributed by atoms with Crippen LogP contribution in [-0.4, -0.2) is 63.2 Å². The molecule has 0 saturated carbocycles. The maximum atomic E-state index is 4.61. The van der Waals surface area contributed by atoms with Crippen molar-refractivity contribution in [2.75, 3.05) is 57.3 Å². The topological polar surface area (TPSA) is 42.9 Å². The maximum absolute atomic E-state index is 4.61. The Labute approximate surface area is 170 Å². The Kier molecular flexibility index (Phi) is 11.6. The van der Waals surface area contributed by atoms with E-state index in [0.29, 0.717) is 0 Å². The van der Waals surface area contributed by atoms with Crippen molar-refractivity contribution >= 4 is 35.6 Å². The minimum atomic E-state index is 0. The van der Waals surface area contributed by atoms with Crippen molar-refractivity contribution in [1.29, 1.82) is 0 Å². The summed E-state index contributed by atoms with van der Waals surface area (Å²) in [6.45, 7) is 12.7. The average molecular weight is 459 g/mol. The number of anilines is 1. The van der Waals surface area contributed by atoms with E-state index >= 15 is 0 Å². The molecule has 5 nitrogen and oxygen atoms in total. The first kappa shape index (κ1) is 22.0. The Morgan fingerprint density at radius 2 is 1.60 bits per heavy atom. The van der Waals surface area contributed by atoms with Gasteiger partial charge in [-0.2, -0.15) is 0 Å². The molecule has 0 radical (unpaired) electrons. The Morgan fingerprint density at radius 3 is 2.20 bits per heavy atom. The van der Waals surface area contributed by atoms with Gasteiger partial charge in [0, 0.05) is 51.5 Å². The largest absolute Gasteiger partial charge is 0.369 e. The van der Waals surface area contributed by atoms with Gasteiger partial charge in [0.25, 0.3) is 0 Å². The fraction of sp³-hybridized carbons (Fsp3) is 0.632. The van der Waals surface area contributed by atoms with Crippen molar-refractivity contribution < 1.29 is 0 Å². The molecule has 2 rings (SSSR count). The quantitative estimate of drug-likeness (QED) is 0.272. The molecule has 1 aromatic rings. The summed E-state index contributed by atoms with van der Waals surface area (Å²) in [7, 11) is 0. The van der Waals surface area contributed by atoms with Crippen molar-refractivity contribution in [3.8, 4) is 0 Å². The predicted octanol–water partition coefficient (Wildman–Crippen LogP) is 2.78. The van der Waals surface area contributed by atoms with Gasteiger partial charge in [-0.25, -0.2) is 0 Å². The Morgan fingerprint density at radius 1 is 0.960 bits per heavy atom. The Bertz CT molecular complexity index is 464. The predicted molar refractivity (Wildman–Crippen MR) is 119 cm³/mol. The SMILES string of the molecule is CCNC(=NCCCCN1CCN(c2ccccc2)CC1)NCC.I. The van der Waals surface area contributed by atoms with E-state index in [1.165, 1.54) is 18.7 Å². The standard InChI is InChI=1S/C19H33N5.HI/c1-3-20-19(21-4-2)22-12-8-9-13-23-14-16-24(17-15-23)18-10-6-5-7-11-18;/h5-7,10-11H,3-4,8-9,12-17H2,1-2H3,(H2,20,21,22);1H. The van der Waals surface area contributed by atoms with Crippen LogP contribution in [0.3, 0.4) is 0 Å². The molecule has 1 aromatic carbocycles.